The lowest BCUT2D eigenvalue weighted by Gasteiger charge is -2.20. The first-order valence-electron chi connectivity index (χ1n) is 10.9. The number of H-pyrrole nitrogens is 1. The monoisotopic (exact) mass is 455 g/mol. The molecule has 7 heteroatoms. The third-order valence-corrected chi connectivity index (χ3v) is 5.36. The third kappa shape index (κ3) is 5.90. The number of fused-ring (bicyclic) bond motifs is 1. The Morgan fingerprint density at radius 1 is 1.00 bits per heavy atom. The summed E-state index contributed by atoms with van der Waals surface area (Å²) in [6.45, 7) is 0.252. The smallest absolute Gasteiger partial charge is 0.267 e. The van der Waals surface area contributed by atoms with E-state index in [0.29, 0.717) is 17.7 Å². The average Bonchev–Trinajstić information content (AvgIpc) is 3.29. The van der Waals surface area contributed by atoms with E-state index in [9.17, 15) is 9.59 Å². The number of benzene rings is 3. The lowest BCUT2D eigenvalue weighted by atomic mass is 10.0. The maximum Gasteiger partial charge on any atom is 0.267 e. The molecule has 34 heavy (non-hydrogen) atoms. The van der Waals surface area contributed by atoms with Crippen LogP contribution in [0.15, 0.2) is 91.1 Å². The molecule has 7 nitrogen and oxygen atoms in total. The number of carbonyl (C=O) groups excluding carboxylic acids is 2. The highest BCUT2D eigenvalue weighted by molar-refractivity contribution is 5.94. The van der Waals surface area contributed by atoms with E-state index >= 15 is 0 Å². The minimum atomic E-state index is -0.617. The highest BCUT2D eigenvalue weighted by Crippen LogP contribution is 2.20. The van der Waals surface area contributed by atoms with Crippen LogP contribution in [0.3, 0.4) is 0 Å². The summed E-state index contributed by atoms with van der Waals surface area (Å²) in [6.07, 6.45) is 5.33. The van der Waals surface area contributed by atoms with Gasteiger partial charge in [0, 0.05) is 28.7 Å². The molecule has 0 aliphatic carbocycles. The predicted octanol–water partition coefficient (Wildman–Crippen LogP) is 4.11. The summed E-state index contributed by atoms with van der Waals surface area (Å²) >= 11 is 0. The maximum absolute atomic E-state index is 12.8. The molecular weight excluding hydrogens is 430 g/mol. The van der Waals surface area contributed by atoms with Crippen LogP contribution >= 0.6 is 0 Å². The van der Waals surface area contributed by atoms with Crippen molar-refractivity contribution < 1.29 is 19.5 Å². The van der Waals surface area contributed by atoms with Crippen molar-refractivity contribution in [2.24, 2.45) is 0 Å². The summed E-state index contributed by atoms with van der Waals surface area (Å²) in [5.74, 6) is -0.182. The van der Waals surface area contributed by atoms with Crippen LogP contribution in [0.25, 0.3) is 17.0 Å². The molecule has 2 amide bonds. The SMILES string of the molecule is O=C(/C=C/c1cccc(OC[C@H](Cc2c[nH]c3ccccc23)NC(=O)c2ccccc2)c1)NO. The van der Waals surface area contributed by atoms with Crippen molar-refractivity contribution in [3.8, 4) is 5.75 Å². The summed E-state index contributed by atoms with van der Waals surface area (Å²) in [4.78, 5) is 27.4. The second-order valence-corrected chi connectivity index (χ2v) is 7.79. The number of carbonyl (C=O) groups is 2. The van der Waals surface area contributed by atoms with Gasteiger partial charge in [0.05, 0.1) is 6.04 Å². The van der Waals surface area contributed by atoms with Crippen molar-refractivity contribution in [1.82, 2.24) is 15.8 Å². The zero-order valence-electron chi connectivity index (χ0n) is 18.4. The van der Waals surface area contributed by atoms with E-state index in [1.54, 1.807) is 29.8 Å². The second kappa shape index (κ2) is 11.0. The van der Waals surface area contributed by atoms with Crippen molar-refractivity contribution in [1.29, 1.82) is 0 Å². The molecule has 0 aliphatic heterocycles. The van der Waals surface area contributed by atoms with Gasteiger partial charge in [-0.2, -0.15) is 0 Å². The standard InChI is InChI=1S/C27H25N3O4/c31-26(30-33)14-13-19-7-6-10-23(15-19)34-18-22(29-27(32)20-8-2-1-3-9-20)16-21-17-28-25-12-5-4-11-24(21)25/h1-15,17,22,28,33H,16,18H2,(H,29,32)(H,30,31)/b14-13+/t22-/m0/s1. The Bertz CT molecular complexity index is 1300. The van der Waals surface area contributed by atoms with Crippen LogP contribution in [-0.2, 0) is 11.2 Å². The van der Waals surface area contributed by atoms with E-state index in [0.717, 1.165) is 22.0 Å². The Labute approximate surface area is 197 Å². The largest absolute Gasteiger partial charge is 0.491 e. The lowest BCUT2D eigenvalue weighted by molar-refractivity contribution is -0.124. The summed E-state index contributed by atoms with van der Waals surface area (Å²) in [5, 5.41) is 12.8. The van der Waals surface area contributed by atoms with Crippen molar-refractivity contribution in [3.05, 3.63) is 108 Å². The first kappa shape index (κ1) is 22.8. The van der Waals surface area contributed by atoms with Gasteiger partial charge in [0.2, 0.25) is 0 Å². The number of rotatable bonds is 9. The van der Waals surface area contributed by atoms with Crippen molar-refractivity contribution >= 4 is 28.8 Å². The molecule has 0 fully saturated rings. The van der Waals surface area contributed by atoms with E-state index in [1.165, 1.54) is 6.08 Å². The molecule has 1 heterocycles. The van der Waals surface area contributed by atoms with Gasteiger partial charge in [0.15, 0.2) is 0 Å². The van der Waals surface area contributed by atoms with E-state index in [-0.39, 0.29) is 18.6 Å². The number of amides is 2. The van der Waals surface area contributed by atoms with Gasteiger partial charge in [0.25, 0.3) is 11.8 Å². The number of aromatic nitrogens is 1. The van der Waals surface area contributed by atoms with Crippen LogP contribution in [0, 0.1) is 0 Å². The van der Waals surface area contributed by atoms with Crippen LogP contribution in [0.5, 0.6) is 5.75 Å². The Morgan fingerprint density at radius 3 is 2.62 bits per heavy atom. The molecule has 0 unspecified atom stereocenters. The van der Waals surface area contributed by atoms with Crippen LogP contribution in [0.1, 0.15) is 21.5 Å². The summed E-state index contributed by atoms with van der Waals surface area (Å²) in [5.41, 5.74) is 5.00. The van der Waals surface area contributed by atoms with Gasteiger partial charge < -0.3 is 15.0 Å². The van der Waals surface area contributed by atoms with Gasteiger partial charge in [-0.15, -0.1) is 0 Å². The maximum atomic E-state index is 12.8. The molecule has 0 bridgehead atoms. The number of hydrogen-bond acceptors (Lipinski definition) is 4. The van der Waals surface area contributed by atoms with Gasteiger partial charge in [-0.1, -0.05) is 48.5 Å². The number of nitrogens with one attached hydrogen (secondary N) is 3. The Hall–Kier alpha value is -4.36. The molecule has 4 aromatic rings. The number of hydrogen-bond donors (Lipinski definition) is 4. The van der Waals surface area contributed by atoms with Gasteiger partial charge in [-0.25, -0.2) is 5.48 Å². The third-order valence-electron chi connectivity index (χ3n) is 5.36. The van der Waals surface area contributed by atoms with Crippen LogP contribution in [0.2, 0.25) is 0 Å². The van der Waals surface area contributed by atoms with Crippen LogP contribution in [0.4, 0.5) is 0 Å². The van der Waals surface area contributed by atoms with Crippen LogP contribution in [-0.4, -0.2) is 34.7 Å². The van der Waals surface area contributed by atoms with Gasteiger partial charge >= 0.3 is 0 Å². The first-order chi connectivity index (χ1) is 16.6. The quantitative estimate of drug-likeness (QED) is 0.173. The van der Waals surface area contributed by atoms with Crippen LogP contribution < -0.4 is 15.5 Å². The molecule has 4 N–H and O–H groups in total. The fraction of sp³-hybridized carbons (Fsp3) is 0.111. The van der Waals surface area contributed by atoms with Crippen molar-refractivity contribution in [3.63, 3.8) is 0 Å². The predicted molar refractivity (Wildman–Crippen MR) is 131 cm³/mol. The molecular formula is C27H25N3O4. The number of aromatic amines is 1. The molecule has 0 saturated heterocycles. The highest BCUT2D eigenvalue weighted by atomic mass is 16.5. The highest BCUT2D eigenvalue weighted by Gasteiger charge is 2.17. The van der Waals surface area contributed by atoms with Gasteiger partial charge in [-0.05, 0) is 54.0 Å². The minimum Gasteiger partial charge on any atom is -0.491 e. The van der Waals surface area contributed by atoms with E-state index in [1.807, 2.05) is 60.8 Å². The molecule has 4 rings (SSSR count). The van der Waals surface area contributed by atoms with Crippen molar-refractivity contribution in [2.45, 2.75) is 12.5 Å². The molecule has 0 saturated carbocycles. The Kier molecular flexibility index (Phi) is 7.37. The van der Waals surface area contributed by atoms with Crippen molar-refractivity contribution in [2.75, 3.05) is 6.61 Å². The van der Waals surface area contributed by atoms with Gasteiger partial charge in [-0.3, -0.25) is 14.8 Å². The van der Waals surface area contributed by atoms with E-state index in [4.69, 9.17) is 9.94 Å². The first-order valence-corrected chi connectivity index (χ1v) is 10.9. The zero-order valence-corrected chi connectivity index (χ0v) is 18.4. The topological polar surface area (TPSA) is 103 Å². The molecule has 0 spiro atoms. The minimum absolute atomic E-state index is 0.166. The summed E-state index contributed by atoms with van der Waals surface area (Å²) in [7, 11) is 0. The summed E-state index contributed by atoms with van der Waals surface area (Å²) in [6, 6.07) is 24.0. The molecule has 1 atom stereocenters. The molecule has 0 aliphatic rings. The summed E-state index contributed by atoms with van der Waals surface area (Å²) < 4.78 is 6.03. The fourth-order valence-corrected chi connectivity index (χ4v) is 3.69. The lowest BCUT2D eigenvalue weighted by Crippen LogP contribution is -2.40. The molecule has 3 aromatic carbocycles. The molecule has 0 radical (unpaired) electrons. The molecule has 172 valence electrons. The average molecular weight is 456 g/mol. The number of hydroxylamine groups is 1. The van der Waals surface area contributed by atoms with Gasteiger partial charge in [0.1, 0.15) is 12.4 Å². The fourth-order valence-electron chi connectivity index (χ4n) is 3.69. The number of para-hydroxylation sites is 1. The Morgan fingerprint density at radius 2 is 1.79 bits per heavy atom. The molecule has 1 aromatic heterocycles. The van der Waals surface area contributed by atoms with E-state index < -0.39 is 5.91 Å². The van der Waals surface area contributed by atoms with E-state index in [2.05, 4.69) is 16.4 Å². The Balaban J connectivity index is 1.50. The zero-order chi connectivity index (χ0) is 23.8. The number of ether oxygens (including phenoxy) is 1. The second-order valence-electron chi connectivity index (χ2n) is 7.79. The normalized spacial score (nSPS) is 11.9.